The number of hydrogen-bond acceptors (Lipinski definition) is 3. The van der Waals surface area contributed by atoms with Crippen LogP contribution in [0.2, 0.25) is 0 Å². The zero-order valence-electron chi connectivity index (χ0n) is 11.0. The van der Waals surface area contributed by atoms with E-state index in [1.807, 2.05) is 35.3 Å². The molecule has 19 heavy (non-hydrogen) atoms. The second kappa shape index (κ2) is 5.28. The van der Waals surface area contributed by atoms with E-state index >= 15 is 0 Å². The van der Waals surface area contributed by atoms with Crippen LogP contribution in [-0.2, 0) is 13.1 Å². The molecule has 0 saturated heterocycles. The molecular formula is C15H17N3O. The standard InChI is InChI=1S/C15H17N3O/c1-12-8-17-18(10-12)7-6-16-9-13-11-19-15-5-3-2-4-14(13)15/h2-5,8,10-11,16H,6-7,9H2,1H3. The van der Waals surface area contributed by atoms with Crippen LogP contribution in [0, 0.1) is 6.92 Å². The Morgan fingerprint density at radius 1 is 1.32 bits per heavy atom. The third kappa shape index (κ3) is 2.69. The van der Waals surface area contributed by atoms with Crippen molar-refractivity contribution in [3.63, 3.8) is 0 Å². The van der Waals surface area contributed by atoms with E-state index in [0.29, 0.717) is 0 Å². The summed E-state index contributed by atoms with van der Waals surface area (Å²) in [4.78, 5) is 0. The van der Waals surface area contributed by atoms with Gasteiger partial charge in [-0.3, -0.25) is 4.68 Å². The van der Waals surface area contributed by atoms with E-state index in [9.17, 15) is 0 Å². The number of rotatable bonds is 5. The summed E-state index contributed by atoms with van der Waals surface area (Å²) in [7, 11) is 0. The van der Waals surface area contributed by atoms with Gasteiger partial charge in [-0.05, 0) is 18.6 Å². The minimum absolute atomic E-state index is 0.817. The lowest BCUT2D eigenvalue weighted by Gasteiger charge is -2.03. The molecular weight excluding hydrogens is 238 g/mol. The van der Waals surface area contributed by atoms with Crippen molar-refractivity contribution in [2.45, 2.75) is 20.0 Å². The smallest absolute Gasteiger partial charge is 0.134 e. The lowest BCUT2D eigenvalue weighted by Crippen LogP contribution is -2.19. The third-order valence-electron chi connectivity index (χ3n) is 3.16. The first kappa shape index (κ1) is 12.0. The highest BCUT2D eigenvalue weighted by molar-refractivity contribution is 5.80. The Bertz CT molecular complexity index is 669. The first-order chi connectivity index (χ1) is 9.33. The molecule has 0 aliphatic heterocycles. The average Bonchev–Trinajstić information content (AvgIpc) is 3.02. The molecule has 1 aromatic carbocycles. The van der Waals surface area contributed by atoms with Crippen LogP contribution in [0.5, 0.6) is 0 Å². The third-order valence-corrected chi connectivity index (χ3v) is 3.16. The van der Waals surface area contributed by atoms with Crippen LogP contribution in [0.3, 0.4) is 0 Å². The SMILES string of the molecule is Cc1cnn(CCNCc2coc3ccccc23)c1. The molecule has 2 aromatic heterocycles. The molecule has 3 aromatic rings. The zero-order valence-corrected chi connectivity index (χ0v) is 11.0. The van der Waals surface area contributed by atoms with Crippen molar-refractivity contribution < 1.29 is 4.42 Å². The number of nitrogens with zero attached hydrogens (tertiary/aromatic N) is 2. The van der Waals surface area contributed by atoms with Crippen molar-refractivity contribution in [3.8, 4) is 0 Å². The number of furan rings is 1. The van der Waals surface area contributed by atoms with E-state index in [0.717, 1.165) is 25.2 Å². The quantitative estimate of drug-likeness (QED) is 0.713. The molecule has 0 saturated carbocycles. The molecule has 0 spiro atoms. The van der Waals surface area contributed by atoms with Gasteiger partial charge in [0.15, 0.2) is 0 Å². The Balaban J connectivity index is 1.55. The summed E-state index contributed by atoms with van der Waals surface area (Å²) >= 11 is 0. The minimum atomic E-state index is 0.817. The lowest BCUT2D eigenvalue weighted by molar-refractivity contribution is 0.550. The molecule has 3 rings (SSSR count). The molecule has 0 atom stereocenters. The van der Waals surface area contributed by atoms with Crippen LogP contribution in [0.4, 0.5) is 0 Å². The van der Waals surface area contributed by atoms with Crippen LogP contribution >= 0.6 is 0 Å². The number of aromatic nitrogens is 2. The number of benzene rings is 1. The number of hydrogen-bond donors (Lipinski definition) is 1. The van der Waals surface area contributed by atoms with E-state index in [4.69, 9.17) is 4.42 Å². The summed E-state index contributed by atoms with van der Waals surface area (Å²) in [5.74, 6) is 0. The van der Waals surface area contributed by atoms with Gasteiger partial charge in [-0.15, -0.1) is 0 Å². The first-order valence-electron chi connectivity index (χ1n) is 6.48. The van der Waals surface area contributed by atoms with Gasteiger partial charge >= 0.3 is 0 Å². The predicted octanol–water partition coefficient (Wildman–Crippen LogP) is 2.73. The van der Waals surface area contributed by atoms with Gasteiger partial charge in [0.25, 0.3) is 0 Å². The number of aryl methyl sites for hydroxylation is 1. The minimum Gasteiger partial charge on any atom is -0.464 e. The maximum Gasteiger partial charge on any atom is 0.134 e. The molecule has 0 amide bonds. The molecule has 98 valence electrons. The molecule has 0 aliphatic rings. The molecule has 0 bridgehead atoms. The van der Waals surface area contributed by atoms with Crippen LogP contribution in [0.15, 0.2) is 47.3 Å². The van der Waals surface area contributed by atoms with Crippen molar-refractivity contribution in [1.29, 1.82) is 0 Å². The van der Waals surface area contributed by atoms with Crippen molar-refractivity contribution in [1.82, 2.24) is 15.1 Å². The van der Waals surface area contributed by atoms with E-state index in [1.54, 1.807) is 0 Å². The fraction of sp³-hybridized carbons (Fsp3) is 0.267. The number of para-hydroxylation sites is 1. The summed E-state index contributed by atoms with van der Waals surface area (Å²) in [5, 5.41) is 8.86. The molecule has 0 radical (unpaired) electrons. The summed E-state index contributed by atoms with van der Waals surface area (Å²) in [6.07, 6.45) is 5.76. The molecule has 0 aliphatic carbocycles. The Kier molecular flexibility index (Phi) is 3.33. The highest BCUT2D eigenvalue weighted by Crippen LogP contribution is 2.20. The summed E-state index contributed by atoms with van der Waals surface area (Å²) < 4.78 is 7.46. The van der Waals surface area contributed by atoms with E-state index in [1.165, 1.54) is 16.5 Å². The lowest BCUT2D eigenvalue weighted by atomic mass is 10.2. The second-order valence-electron chi connectivity index (χ2n) is 4.71. The van der Waals surface area contributed by atoms with E-state index in [2.05, 4.69) is 29.6 Å². The zero-order chi connectivity index (χ0) is 13.1. The summed E-state index contributed by atoms with van der Waals surface area (Å²) in [6.45, 7) is 4.63. The molecule has 0 fully saturated rings. The Morgan fingerprint density at radius 2 is 2.21 bits per heavy atom. The average molecular weight is 255 g/mol. The van der Waals surface area contributed by atoms with Crippen LogP contribution in [0.1, 0.15) is 11.1 Å². The maximum absolute atomic E-state index is 5.51. The van der Waals surface area contributed by atoms with Crippen LogP contribution in [0.25, 0.3) is 11.0 Å². The topological polar surface area (TPSA) is 43.0 Å². The van der Waals surface area contributed by atoms with Gasteiger partial charge in [0.05, 0.1) is 19.0 Å². The van der Waals surface area contributed by atoms with Gasteiger partial charge < -0.3 is 9.73 Å². The van der Waals surface area contributed by atoms with Gasteiger partial charge in [-0.25, -0.2) is 0 Å². The monoisotopic (exact) mass is 255 g/mol. The van der Waals surface area contributed by atoms with Gasteiger partial charge in [0.2, 0.25) is 0 Å². The normalized spacial score (nSPS) is 11.2. The van der Waals surface area contributed by atoms with E-state index in [-0.39, 0.29) is 0 Å². The predicted molar refractivity (Wildman–Crippen MR) is 74.9 cm³/mol. The van der Waals surface area contributed by atoms with Crippen molar-refractivity contribution in [2.75, 3.05) is 6.54 Å². The van der Waals surface area contributed by atoms with Gasteiger partial charge in [0, 0.05) is 30.2 Å². The Labute approximate surface area is 112 Å². The van der Waals surface area contributed by atoms with Crippen LogP contribution < -0.4 is 5.32 Å². The van der Waals surface area contributed by atoms with Gasteiger partial charge in [-0.2, -0.15) is 5.10 Å². The largest absolute Gasteiger partial charge is 0.464 e. The maximum atomic E-state index is 5.51. The van der Waals surface area contributed by atoms with Gasteiger partial charge in [-0.1, -0.05) is 18.2 Å². The first-order valence-corrected chi connectivity index (χ1v) is 6.48. The number of fused-ring (bicyclic) bond motifs is 1. The van der Waals surface area contributed by atoms with Crippen LogP contribution in [-0.4, -0.2) is 16.3 Å². The van der Waals surface area contributed by atoms with E-state index < -0.39 is 0 Å². The molecule has 1 N–H and O–H groups in total. The highest BCUT2D eigenvalue weighted by atomic mass is 16.3. The second-order valence-corrected chi connectivity index (χ2v) is 4.71. The molecule has 2 heterocycles. The molecule has 4 nitrogen and oxygen atoms in total. The van der Waals surface area contributed by atoms with Crippen molar-refractivity contribution in [2.24, 2.45) is 0 Å². The summed E-state index contributed by atoms with van der Waals surface area (Å²) in [6, 6.07) is 8.11. The van der Waals surface area contributed by atoms with Crippen molar-refractivity contribution >= 4 is 11.0 Å². The van der Waals surface area contributed by atoms with Crippen molar-refractivity contribution in [3.05, 3.63) is 54.0 Å². The Morgan fingerprint density at radius 3 is 3.05 bits per heavy atom. The fourth-order valence-electron chi connectivity index (χ4n) is 2.18. The summed E-state index contributed by atoms with van der Waals surface area (Å²) in [5.41, 5.74) is 3.34. The Hall–Kier alpha value is -2.07. The molecule has 4 heteroatoms. The van der Waals surface area contributed by atoms with Gasteiger partial charge in [0.1, 0.15) is 5.58 Å². The fourth-order valence-corrected chi connectivity index (χ4v) is 2.18. The number of nitrogens with one attached hydrogen (secondary N) is 1. The highest BCUT2D eigenvalue weighted by Gasteiger charge is 2.03. The molecule has 0 unspecified atom stereocenters.